The van der Waals surface area contributed by atoms with Gasteiger partial charge in [0, 0.05) is 13.1 Å². The fourth-order valence-electron chi connectivity index (χ4n) is 2.21. The number of phenols is 1. The number of benzene rings is 1. The van der Waals surface area contributed by atoms with Gasteiger partial charge in [-0.1, -0.05) is 0 Å². The summed E-state index contributed by atoms with van der Waals surface area (Å²) in [5, 5.41) is 12.3. The van der Waals surface area contributed by atoms with Crippen molar-refractivity contribution < 1.29 is 9.90 Å². The van der Waals surface area contributed by atoms with Crippen LogP contribution in [0, 0.1) is 0 Å². The normalized spacial score (nSPS) is 21.1. The molecule has 1 spiro atoms. The number of anilines is 2. The van der Waals surface area contributed by atoms with E-state index in [9.17, 15) is 9.90 Å². The summed E-state index contributed by atoms with van der Waals surface area (Å²) in [4.78, 5) is 13.8. The van der Waals surface area contributed by atoms with Crippen LogP contribution in [-0.4, -0.2) is 23.6 Å². The Balaban J connectivity index is 2.14. The van der Waals surface area contributed by atoms with Gasteiger partial charge in [0.1, 0.15) is 11.3 Å². The largest absolute Gasteiger partial charge is 0.508 e. The lowest BCUT2D eigenvalue weighted by Crippen LogP contribution is -2.48. The molecule has 1 fully saturated rings. The zero-order valence-electron chi connectivity index (χ0n) is 8.45. The monoisotopic (exact) mass is 204 g/mol. The molecule has 1 aliphatic heterocycles. The van der Waals surface area contributed by atoms with Gasteiger partial charge in [-0.25, -0.2) is 0 Å². The van der Waals surface area contributed by atoms with Crippen molar-refractivity contribution in [3.05, 3.63) is 18.2 Å². The highest BCUT2D eigenvalue weighted by atomic mass is 16.3. The molecule has 2 N–H and O–H groups in total. The van der Waals surface area contributed by atoms with E-state index in [4.69, 9.17) is 0 Å². The van der Waals surface area contributed by atoms with Gasteiger partial charge in [-0.05, 0) is 25.0 Å². The van der Waals surface area contributed by atoms with Crippen LogP contribution >= 0.6 is 0 Å². The Hall–Kier alpha value is -1.71. The zero-order chi connectivity index (χ0) is 10.6. The molecule has 1 aromatic rings. The number of nitrogens with zero attached hydrogens (tertiary/aromatic N) is 1. The van der Waals surface area contributed by atoms with Crippen LogP contribution in [-0.2, 0) is 4.79 Å². The number of hydrogen-bond donors (Lipinski definition) is 2. The van der Waals surface area contributed by atoms with Crippen molar-refractivity contribution in [2.75, 3.05) is 17.3 Å². The number of aromatic hydroxyl groups is 1. The van der Waals surface area contributed by atoms with Crippen molar-refractivity contribution in [2.24, 2.45) is 0 Å². The lowest BCUT2D eigenvalue weighted by molar-refractivity contribution is -0.118. The summed E-state index contributed by atoms with van der Waals surface area (Å²) in [6.45, 7) is 0. The Morgan fingerprint density at radius 3 is 2.87 bits per heavy atom. The van der Waals surface area contributed by atoms with E-state index in [1.54, 1.807) is 18.2 Å². The molecule has 0 aromatic heterocycles. The third-order valence-corrected chi connectivity index (χ3v) is 3.38. The summed E-state index contributed by atoms with van der Waals surface area (Å²) in [6.07, 6.45) is 1.79. The molecular formula is C11H12N2O2. The Kier molecular flexibility index (Phi) is 1.40. The van der Waals surface area contributed by atoms with Crippen LogP contribution in [0.5, 0.6) is 5.75 Å². The molecule has 1 aliphatic carbocycles. The molecule has 1 aromatic carbocycles. The van der Waals surface area contributed by atoms with Crippen LogP contribution in [0.2, 0.25) is 0 Å². The van der Waals surface area contributed by atoms with Crippen molar-refractivity contribution in [1.82, 2.24) is 0 Å². The smallest absolute Gasteiger partial charge is 0.250 e. The van der Waals surface area contributed by atoms with Gasteiger partial charge in [0.15, 0.2) is 0 Å². The van der Waals surface area contributed by atoms with Gasteiger partial charge in [-0.2, -0.15) is 0 Å². The second-order valence-electron chi connectivity index (χ2n) is 4.25. The molecule has 4 nitrogen and oxygen atoms in total. The molecule has 3 rings (SSSR count). The molecule has 0 atom stereocenters. The third kappa shape index (κ3) is 0.988. The van der Waals surface area contributed by atoms with E-state index in [1.165, 1.54) is 0 Å². The van der Waals surface area contributed by atoms with E-state index in [-0.39, 0.29) is 17.2 Å². The van der Waals surface area contributed by atoms with E-state index < -0.39 is 0 Å². The van der Waals surface area contributed by atoms with Crippen molar-refractivity contribution in [3.8, 4) is 5.75 Å². The lowest BCUT2D eigenvalue weighted by atomic mass is 10.1. The van der Waals surface area contributed by atoms with Crippen LogP contribution in [0.1, 0.15) is 12.8 Å². The number of phenolic OH excluding ortho intramolecular Hbond substituents is 1. The van der Waals surface area contributed by atoms with Crippen LogP contribution < -0.4 is 10.2 Å². The van der Waals surface area contributed by atoms with Gasteiger partial charge in [0.25, 0.3) is 0 Å². The predicted molar refractivity (Wildman–Crippen MR) is 57.1 cm³/mol. The van der Waals surface area contributed by atoms with Crippen LogP contribution in [0.25, 0.3) is 0 Å². The second kappa shape index (κ2) is 2.45. The summed E-state index contributed by atoms with van der Waals surface area (Å²) in [6, 6.07) is 5.00. The highest BCUT2D eigenvalue weighted by Crippen LogP contribution is 2.49. The molecule has 1 saturated carbocycles. The van der Waals surface area contributed by atoms with E-state index in [1.807, 2.05) is 11.9 Å². The van der Waals surface area contributed by atoms with Gasteiger partial charge in [-0.3, -0.25) is 4.79 Å². The average Bonchev–Trinajstić information content (AvgIpc) is 2.99. The summed E-state index contributed by atoms with van der Waals surface area (Å²) in [5.41, 5.74) is 1.32. The maximum atomic E-state index is 11.8. The number of hydrogen-bond acceptors (Lipinski definition) is 3. The molecular weight excluding hydrogens is 192 g/mol. The van der Waals surface area contributed by atoms with Gasteiger partial charge < -0.3 is 15.3 Å². The van der Waals surface area contributed by atoms with Gasteiger partial charge in [-0.15, -0.1) is 0 Å². The average molecular weight is 204 g/mol. The predicted octanol–water partition coefficient (Wildman–Crippen LogP) is 1.31. The molecule has 15 heavy (non-hydrogen) atoms. The fraction of sp³-hybridized carbons (Fsp3) is 0.364. The number of rotatable bonds is 0. The first kappa shape index (κ1) is 8.59. The Labute approximate surface area is 87.5 Å². The number of likely N-dealkylation sites (N-methyl/N-ethyl adjacent to an activating group) is 1. The summed E-state index contributed by atoms with van der Waals surface area (Å²) in [5.74, 6) is 0.302. The van der Waals surface area contributed by atoms with E-state index >= 15 is 0 Å². The Morgan fingerprint density at radius 1 is 1.47 bits per heavy atom. The van der Waals surface area contributed by atoms with E-state index in [2.05, 4.69) is 5.32 Å². The molecule has 0 radical (unpaired) electrons. The lowest BCUT2D eigenvalue weighted by Gasteiger charge is -2.35. The van der Waals surface area contributed by atoms with Crippen LogP contribution in [0.3, 0.4) is 0 Å². The standard InChI is InChI=1S/C11H12N2O2/c1-13-9-6-7(14)2-3-8(9)12-10(15)11(13)4-5-11/h2-3,6,14H,4-5H2,1H3,(H,12,15). The molecule has 0 unspecified atom stereocenters. The molecule has 2 aliphatic rings. The van der Waals surface area contributed by atoms with Gasteiger partial charge in [0.05, 0.1) is 11.4 Å². The number of amides is 1. The molecule has 0 saturated heterocycles. The highest BCUT2D eigenvalue weighted by molar-refractivity contribution is 6.08. The maximum Gasteiger partial charge on any atom is 0.250 e. The minimum Gasteiger partial charge on any atom is -0.508 e. The number of carbonyl (C=O) groups is 1. The van der Waals surface area contributed by atoms with Crippen molar-refractivity contribution in [1.29, 1.82) is 0 Å². The SMILES string of the molecule is CN1c2cc(O)ccc2NC(=O)C12CC2. The number of carbonyl (C=O) groups excluding carboxylic acids is 1. The first-order valence-electron chi connectivity index (χ1n) is 5.02. The summed E-state index contributed by atoms with van der Waals surface area (Å²) >= 11 is 0. The molecule has 1 amide bonds. The first-order valence-corrected chi connectivity index (χ1v) is 5.02. The zero-order valence-corrected chi connectivity index (χ0v) is 8.45. The summed E-state index contributed by atoms with van der Waals surface area (Å²) < 4.78 is 0. The maximum absolute atomic E-state index is 11.8. The van der Waals surface area contributed by atoms with Crippen molar-refractivity contribution in [2.45, 2.75) is 18.4 Å². The van der Waals surface area contributed by atoms with E-state index in [0.29, 0.717) is 0 Å². The number of nitrogens with one attached hydrogen (secondary N) is 1. The second-order valence-corrected chi connectivity index (χ2v) is 4.25. The highest BCUT2D eigenvalue weighted by Gasteiger charge is 2.56. The third-order valence-electron chi connectivity index (χ3n) is 3.38. The number of fused-ring (bicyclic) bond motifs is 1. The minimum atomic E-state index is -0.346. The van der Waals surface area contributed by atoms with Gasteiger partial charge in [0.2, 0.25) is 5.91 Å². The van der Waals surface area contributed by atoms with Crippen LogP contribution in [0.15, 0.2) is 18.2 Å². The topological polar surface area (TPSA) is 52.6 Å². The van der Waals surface area contributed by atoms with Gasteiger partial charge >= 0.3 is 0 Å². The Morgan fingerprint density at radius 2 is 2.20 bits per heavy atom. The van der Waals surface area contributed by atoms with E-state index in [0.717, 1.165) is 24.2 Å². The minimum absolute atomic E-state index is 0.0724. The fourth-order valence-corrected chi connectivity index (χ4v) is 2.21. The van der Waals surface area contributed by atoms with Crippen molar-refractivity contribution in [3.63, 3.8) is 0 Å². The van der Waals surface area contributed by atoms with Crippen molar-refractivity contribution >= 4 is 17.3 Å². The summed E-state index contributed by atoms with van der Waals surface area (Å²) in [7, 11) is 1.91. The molecule has 1 heterocycles. The molecule has 78 valence electrons. The van der Waals surface area contributed by atoms with Crippen LogP contribution in [0.4, 0.5) is 11.4 Å². The quantitative estimate of drug-likeness (QED) is 0.626. The Bertz CT molecular complexity index is 452. The molecule has 4 heteroatoms. The first-order chi connectivity index (χ1) is 7.13. The molecule has 0 bridgehead atoms.